The molecule has 0 bridgehead atoms. The number of unbranched alkanes of at least 4 members (excludes halogenated alkanes) is 1. The molecule has 0 spiro atoms. The van der Waals surface area contributed by atoms with Crippen molar-refractivity contribution in [1.29, 1.82) is 0 Å². The van der Waals surface area contributed by atoms with Crippen LogP contribution < -0.4 is 15.8 Å². The van der Waals surface area contributed by atoms with Crippen LogP contribution in [0.1, 0.15) is 46.5 Å². The Hall–Kier alpha value is -2.15. The second-order valence-corrected chi connectivity index (χ2v) is 6.39. The zero-order chi connectivity index (χ0) is 18.2. The van der Waals surface area contributed by atoms with Gasteiger partial charge in [-0.05, 0) is 38.3 Å². The van der Waals surface area contributed by atoms with E-state index in [0.717, 1.165) is 30.5 Å². The van der Waals surface area contributed by atoms with Gasteiger partial charge < -0.3 is 20.9 Å². The molecule has 1 unspecified atom stereocenters. The minimum Gasteiger partial charge on any atom is -0.484 e. The van der Waals surface area contributed by atoms with Gasteiger partial charge >= 0.3 is 0 Å². The summed E-state index contributed by atoms with van der Waals surface area (Å²) in [5, 5.41) is 12.6. The minimum atomic E-state index is 0.122. The van der Waals surface area contributed by atoms with Crippen molar-refractivity contribution in [1.82, 2.24) is 9.97 Å². The fourth-order valence-electron chi connectivity index (χ4n) is 2.82. The average Bonchev–Trinajstić information content (AvgIpc) is 2.89. The summed E-state index contributed by atoms with van der Waals surface area (Å²) >= 11 is 0. The minimum absolute atomic E-state index is 0.122. The highest BCUT2D eigenvalue weighted by molar-refractivity contribution is 5.95. The number of aliphatic hydroxyl groups is 1. The summed E-state index contributed by atoms with van der Waals surface area (Å²) in [5.74, 6) is 1.33. The zero-order valence-corrected chi connectivity index (χ0v) is 15.3. The summed E-state index contributed by atoms with van der Waals surface area (Å²) in [6, 6.07) is 0.259. The number of hydrogen-bond donors (Lipinski definition) is 3. The molecule has 0 saturated carbocycles. The number of aromatic nitrogens is 2. The first kappa shape index (κ1) is 19.2. The Morgan fingerprint density at radius 3 is 2.84 bits per heavy atom. The van der Waals surface area contributed by atoms with Gasteiger partial charge in [0.15, 0.2) is 11.6 Å². The Morgan fingerprint density at radius 1 is 1.40 bits per heavy atom. The van der Waals surface area contributed by atoms with Gasteiger partial charge in [-0.1, -0.05) is 19.8 Å². The molecule has 1 aromatic heterocycles. The fraction of sp³-hybridized carbons (Fsp3) is 0.611. The van der Waals surface area contributed by atoms with E-state index in [2.05, 4.69) is 27.2 Å². The summed E-state index contributed by atoms with van der Waals surface area (Å²) in [6.07, 6.45) is 7.42. The second-order valence-electron chi connectivity index (χ2n) is 6.39. The van der Waals surface area contributed by atoms with E-state index < -0.39 is 0 Å². The van der Waals surface area contributed by atoms with E-state index in [1.807, 2.05) is 19.9 Å². The Balaban J connectivity index is 2.07. The number of hydrogen-bond acceptors (Lipinski definition) is 7. The number of anilines is 2. The predicted octanol–water partition coefficient (Wildman–Crippen LogP) is 2.58. The number of aliphatic hydroxyl groups excluding tert-OH is 1. The van der Waals surface area contributed by atoms with Gasteiger partial charge in [0.2, 0.25) is 5.95 Å². The van der Waals surface area contributed by atoms with Crippen LogP contribution >= 0.6 is 0 Å². The van der Waals surface area contributed by atoms with Gasteiger partial charge in [0.05, 0.1) is 12.2 Å². The Kier molecular flexibility index (Phi) is 7.18. The van der Waals surface area contributed by atoms with Crippen LogP contribution in [0.2, 0.25) is 0 Å². The SMILES string of the molecule is CCCC[C@@H](CCO)Nc1nc(N)ncc1OCC1=CC(C)=NC1C. The third-order valence-electron chi connectivity index (χ3n) is 4.22. The average molecular weight is 347 g/mol. The molecule has 7 heteroatoms. The number of rotatable bonds is 10. The standard InChI is InChI=1S/C18H29N5O2/c1-4-5-6-15(7-8-24)22-17-16(10-20-18(19)23-17)25-11-14-9-12(2)21-13(14)3/h9-10,13,15,24H,4-8,11H2,1-3H3,(H3,19,20,22,23)/t13?,15-/m0/s1. The lowest BCUT2D eigenvalue weighted by atomic mass is 10.1. The van der Waals surface area contributed by atoms with Crippen LogP contribution in [0.4, 0.5) is 11.8 Å². The van der Waals surface area contributed by atoms with Crippen LogP contribution in [0.5, 0.6) is 5.75 Å². The maximum atomic E-state index is 9.29. The lowest BCUT2D eigenvalue weighted by Crippen LogP contribution is -2.23. The van der Waals surface area contributed by atoms with Crippen LogP contribution in [0, 0.1) is 0 Å². The monoisotopic (exact) mass is 347 g/mol. The van der Waals surface area contributed by atoms with Gasteiger partial charge in [-0.3, -0.25) is 4.99 Å². The van der Waals surface area contributed by atoms with E-state index in [1.165, 1.54) is 0 Å². The lowest BCUT2D eigenvalue weighted by molar-refractivity contribution is 0.275. The molecule has 25 heavy (non-hydrogen) atoms. The molecule has 4 N–H and O–H groups in total. The fourth-order valence-corrected chi connectivity index (χ4v) is 2.82. The summed E-state index contributed by atoms with van der Waals surface area (Å²) in [7, 11) is 0. The summed E-state index contributed by atoms with van der Waals surface area (Å²) < 4.78 is 5.93. The molecule has 2 rings (SSSR count). The molecule has 0 amide bonds. The van der Waals surface area contributed by atoms with Crippen molar-refractivity contribution < 1.29 is 9.84 Å². The number of nitrogens with one attached hydrogen (secondary N) is 1. The van der Waals surface area contributed by atoms with E-state index in [1.54, 1.807) is 6.20 Å². The van der Waals surface area contributed by atoms with Gasteiger partial charge in [-0.2, -0.15) is 4.98 Å². The maximum Gasteiger partial charge on any atom is 0.222 e. The van der Waals surface area contributed by atoms with Crippen molar-refractivity contribution in [3.63, 3.8) is 0 Å². The van der Waals surface area contributed by atoms with Crippen LogP contribution in [-0.2, 0) is 0 Å². The number of allylic oxidation sites excluding steroid dienone is 1. The highest BCUT2D eigenvalue weighted by Gasteiger charge is 2.17. The number of nitrogens with zero attached hydrogens (tertiary/aromatic N) is 3. The van der Waals surface area contributed by atoms with Crippen molar-refractivity contribution >= 4 is 17.5 Å². The van der Waals surface area contributed by atoms with Crippen molar-refractivity contribution in [2.45, 2.75) is 58.5 Å². The molecule has 7 nitrogen and oxygen atoms in total. The van der Waals surface area contributed by atoms with Gasteiger partial charge in [-0.25, -0.2) is 4.98 Å². The van der Waals surface area contributed by atoms with Gasteiger partial charge in [0.25, 0.3) is 0 Å². The molecule has 0 fully saturated rings. The molecule has 2 heterocycles. The largest absolute Gasteiger partial charge is 0.484 e. The van der Waals surface area contributed by atoms with Crippen molar-refractivity contribution in [3.8, 4) is 5.75 Å². The second kappa shape index (κ2) is 9.36. The topological polar surface area (TPSA) is 106 Å². The third kappa shape index (κ3) is 5.70. The third-order valence-corrected chi connectivity index (χ3v) is 4.22. The first-order chi connectivity index (χ1) is 12.0. The molecule has 0 saturated heterocycles. The van der Waals surface area contributed by atoms with Crippen molar-refractivity contribution in [2.75, 3.05) is 24.3 Å². The summed E-state index contributed by atoms with van der Waals surface area (Å²) in [5.41, 5.74) is 7.88. The van der Waals surface area contributed by atoms with Gasteiger partial charge in [-0.15, -0.1) is 0 Å². The Labute approximate surface area is 149 Å². The smallest absolute Gasteiger partial charge is 0.222 e. The van der Waals surface area contributed by atoms with Gasteiger partial charge in [0.1, 0.15) is 6.61 Å². The maximum absolute atomic E-state index is 9.29. The van der Waals surface area contributed by atoms with E-state index in [-0.39, 0.29) is 24.6 Å². The predicted molar refractivity (Wildman–Crippen MR) is 101 cm³/mol. The molecule has 1 aliphatic heterocycles. The Morgan fingerprint density at radius 2 is 2.20 bits per heavy atom. The van der Waals surface area contributed by atoms with Crippen LogP contribution in [0.3, 0.4) is 0 Å². The van der Waals surface area contributed by atoms with Crippen LogP contribution in [0.25, 0.3) is 0 Å². The molecular weight excluding hydrogens is 318 g/mol. The number of aliphatic imine (C=N–C) groups is 1. The molecule has 2 atom stereocenters. The van der Waals surface area contributed by atoms with Gasteiger partial charge in [0, 0.05) is 18.4 Å². The number of nitrogens with two attached hydrogens (primary N) is 1. The lowest BCUT2D eigenvalue weighted by Gasteiger charge is -2.20. The quantitative estimate of drug-likeness (QED) is 0.601. The Bertz CT molecular complexity index is 630. The molecule has 0 radical (unpaired) electrons. The van der Waals surface area contributed by atoms with E-state index in [9.17, 15) is 5.11 Å². The summed E-state index contributed by atoms with van der Waals surface area (Å²) in [4.78, 5) is 12.8. The van der Waals surface area contributed by atoms with E-state index >= 15 is 0 Å². The van der Waals surface area contributed by atoms with Crippen LogP contribution in [-0.4, -0.2) is 46.1 Å². The molecule has 138 valence electrons. The van der Waals surface area contributed by atoms with E-state index in [0.29, 0.717) is 24.6 Å². The first-order valence-corrected chi connectivity index (χ1v) is 8.91. The highest BCUT2D eigenvalue weighted by atomic mass is 16.5. The normalized spacial score (nSPS) is 17.8. The van der Waals surface area contributed by atoms with E-state index in [4.69, 9.17) is 10.5 Å². The van der Waals surface area contributed by atoms with Crippen LogP contribution in [0.15, 0.2) is 22.8 Å². The molecule has 0 aliphatic carbocycles. The molecule has 0 aromatic carbocycles. The number of ether oxygens (including phenoxy) is 1. The van der Waals surface area contributed by atoms with Crippen molar-refractivity contribution in [2.24, 2.45) is 4.99 Å². The number of nitrogen functional groups attached to an aromatic ring is 1. The summed E-state index contributed by atoms with van der Waals surface area (Å²) in [6.45, 7) is 6.74. The molecule has 1 aliphatic rings. The molecule has 1 aromatic rings. The zero-order valence-electron chi connectivity index (χ0n) is 15.3. The first-order valence-electron chi connectivity index (χ1n) is 8.91. The highest BCUT2D eigenvalue weighted by Crippen LogP contribution is 2.25. The molecular formula is C18H29N5O2. The van der Waals surface area contributed by atoms with Crippen molar-refractivity contribution in [3.05, 3.63) is 17.8 Å².